The van der Waals surface area contributed by atoms with E-state index in [4.69, 9.17) is 10.1 Å². The molecule has 14 heavy (non-hydrogen) atoms. The lowest BCUT2D eigenvalue weighted by atomic mass is 10.3. The summed E-state index contributed by atoms with van der Waals surface area (Å²) in [6.45, 7) is 7.55. The molecule has 0 aromatic carbocycles. The first-order chi connectivity index (χ1) is 6.47. The molecule has 0 aromatic heterocycles. The fourth-order valence-corrected chi connectivity index (χ4v) is 0.896. The molecule has 0 radical (unpaired) electrons. The third-order valence-electron chi connectivity index (χ3n) is 1.30. The lowest BCUT2D eigenvalue weighted by Crippen LogP contribution is -2.28. The van der Waals surface area contributed by atoms with Crippen LogP contribution in [0.15, 0.2) is 11.8 Å². The van der Waals surface area contributed by atoms with Gasteiger partial charge in [-0.15, -0.1) is 0 Å². The molecule has 0 unspecified atom stereocenters. The molecule has 0 aromatic rings. The molecule has 2 N–H and O–H groups in total. The van der Waals surface area contributed by atoms with Crippen molar-refractivity contribution in [2.45, 2.75) is 33.7 Å². The third kappa shape index (κ3) is 5.35. The fourth-order valence-electron chi connectivity index (χ4n) is 0.896. The lowest BCUT2D eigenvalue weighted by molar-refractivity contribution is -0.139. The summed E-state index contributed by atoms with van der Waals surface area (Å²) >= 11 is 0. The van der Waals surface area contributed by atoms with Crippen LogP contribution in [0.5, 0.6) is 0 Å². The Kier molecular flexibility index (Phi) is 5.60. The van der Waals surface area contributed by atoms with Gasteiger partial charge in [0.25, 0.3) is 0 Å². The number of hydrogen-bond donors (Lipinski definition) is 2. The molecule has 0 heterocycles. The van der Waals surface area contributed by atoms with Crippen molar-refractivity contribution in [2.24, 2.45) is 0 Å². The summed E-state index contributed by atoms with van der Waals surface area (Å²) in [5, 5.41) is 10.2. The van der Waals surface area contributed by atoms with Crippen molar-refractivity contribution in [3.63, 3.8) is 0 Å². The van der Waals surface area contributed by atoms with Crippen LogP contribution >= 0.6 is 0 Å². The van der Waals surface area contributed by atoms with E-state index in [2.05, 4.69) is 5.32 Å². The predicted octanol–water partition coefficient (Wildman–Crippen LogP) is 1.47. The number of carbonyl (C=O) groups is 1. The lowest BCUT2D eigenvalue weighted by Gasteiger charge is -2.12. The number of allylic oxidation sites excluding steroid dienone is 1. The minimum absolute atomic E-state index is 0.144. The summed E-state index contributed by atoms with van der Waals surface area (Å²) in [6, 6.07) is 0.144. The van der Waals surface area contributed by atoms with E-state index in [1.54, 1.807) is 13.8 Å². The van der Waals surface area contributed by atoms with Crippen LogP contribution in [-0.2, 0) is 9.53 Å². The smallest absolute Gasteiger partial charge is 0.354 e. The Labute approximate surface area is 84.8 Å². The number of hydrogen-bond acceptors (Lipinski definition) is 4. The van der Waals surface area contributed by atoms with Crippen LogP contribution in [0.25, 0.3) is 0 Å². The monoisotopic (exact) mass is 198 g/mol. The van der Waals surface area contributed by atoms with Crippen molar-refractivity contribution in [3.05, 3.63) is 11.8 Å². The van der Waals surface area contributed by atoms with Crippen molar-refractivity contribution in [3.8, 4) is 0 Å². The second-order valence-electron chi connectivity index (χ2n) is 3.26. The van der Waals surface area contributed by atoms with Crippen molar-refractivity contribution < 1.29 is 9.53 Å². The first-order valence-corrected chi connectivity index (χ1v) is 4.67. The Hall–Kier alpha value is -1.32. The predicted molar refractivity (Wildman–Crippen MR) is 56.4 cm³/mol. The Bertz CT molecular complexity index is 245. The van der Waals surface area contributed by atoms with Gasteiger partial charge in [0.1, 0.15) is 5.70 Å². The fraction of sp³-hybridized carbons (Fsp3) is 0.600. The number of ether oxygens (including phenoxy) is 1. The van der Waals surface area contributed by atoms with Crippen molar-refractivity contribution >= 4 is 11.7 Å². The van der Waals surface area contributed by atoms with Crippen molar-refractivity contribution in [2.75, 3.05) is 6.61 Å². The Morgan fingerprint density at radius 3 is 2.50 bits per heavy atom. The second kappa shape index (κ2) is 6.18. The highest BCUT2D eigenvalue weighted by atomic mass is 16.5. The average molecular weight is 198 g/mol. The summed E-state index contributed by atoms with van der Waals surface area (Å²) in [7, 11) is 0. The van der Waals surface area contributed by atoms with Crippen molar-refractivity contribution in [1.82, 2.24) is 5.32 Å². The van der Waals surface area contributed by atoms with Gasteiger partial charge in [-0.05, 0) is 33.8 Å². The standard InChI is InChI=1S/C10H18N2O2/c1-5-14-10(13)9(6-8(4)11)12-7(2)3/h6-7,11-12H,5H2,1-4H3/b9-6-,11-8?. The molecule has 0 saturated carbocycles. The molecule has 0 saturated heterocycles. The van der Waals surface area contributed by atoms with Crippen LogP contribution in [0.1, 0.15) is 27.7 Å². The molecule has 0 atom stereocenters. The topological polar surface area (TPSA) is 62.2 Å². The highest BCUT2D eigenvalue weighted by Gasteiger charge is 2.11. The Morgan fingerprint density at radius 2 is 2.14 bits per heavy atom. The first-order valence-electron chi connectivity index (χ1n) is 4.67. The molecule has 0 aliphatic rings. The average Bonchev–Trinajstić information content (AvgIpc) is 2.01. The minimum atomic E-state index is -0.409. The first kappa shape index (κ1) is 12.7. The van der Waals surface area contributed by atoms with Crippen LogP contribution < -0.4 is 5.32 Å². The van der Waals surface area contributed by atoms with Gasteiger partial charge in [0.2, 0.25) is 0 Å². The maximum absolute atomic E-state index is 11.4. The molecule has 0 amide bonds. The summed E-state index contributed by atoms with van der Waals surface area (Å²) in [6.07, 6.45) is 1.47. The van der Waals surface area contributed by atoms with E-state index < -0.39 is 5.97 Å². The zero-order valence-electron chi connectivity index (χ0n) is 9.18. The summed E-state index contributed by atoms with van der Waals surface area (Å²) in [5.41, 5.74) is 0.663. The molecule has 4 nitrogen and oxygen atoms in total. The molecule has 0 bridgehead atoms. The van der Waals surface area contributed by atoms with Crippen LogP contribution in [0.4, 0.5) is 0 Å². The van der Waals surface area contributed by atoms with E-state index in [-0.39, 0.29) is 6.04 Å². The molecule has 0 aliphatic carbocycles. The minimum Gasteiger partial charge on any atom is -0.461 e. The van der Waals surface area contributed by atoms with Crippen LogP contribution in [0, 0.1) is 5.41 Å². The Morgan fingerprint density at radius 1 is 1.57 bits per heavy atom. The van der Waals surface area contributed by atoms with Gasteiger partial charge in [-0.3, -0.25) is 0 Å². The molecule has 0 rings (SSSR count). The highest BCUT2D eigenvalue weighted by molar-refractivity contribution is 5.99. The quantitative estimate of drug-likeness (QED) is 0.399. The van der Waals surface area contributed by atoms with E-state index >= 15 is 0 Å². The molecule has 80 valence electrons. The van der Waals surface area contributed by atoms with Crippen molar-refractivity contribution in [1.29, 1.82) is 5.41 Å². The molecular weight excluding hydrogens is 180 g/mol. The molecular formula is C10H18N2O2. The maximum Gasteiger partial charge on any atom is 0.354 e. The molecule has 0 spiro atoms. The SMILES string of the molecule is CCOC(=O)/C(=C/C(C)=N)NC(C)C. The van der Waals surface area contributed by atoms with Gasteiger partial charge in [-0.25, -0.2) is 4.79 Å². The van der Waals surface area contributed by atoms with Gasteiger partial charge in [0.05, 0.1) is 6.61 Å². The van der Waals surface area contributed by atoms with Gasteiger partial charge >= 0.3 is 5.97 Å². The van der Waals surface area contributed by atoms with Gasteiger partial charge in [0, 0.05) is 11.8 Å². The number of nitrogens with one attached hydrogen (secondary N) is 2. The van der Waals surface area contributed by atoms with Gasteiger partial charge in [0.15, 0.2) is 0 Å². The van der Waals surface area contributed by atoms with Crippen LogP contribution in [0.2, 0.25) is 0 Å². The van der Waals surface area contributed by atoms with Gasteiger partial charge < -0.3 is 15.5 Å². The number of rotatable bonds is 5. The van der Waals surface area contributed by atoms with E-state index in [9.17, 15) is 4.79 Å². The van der Waals surface area contributed by atoms with E-state index in [0.29, 0.717) is 18.0 Å². The summed E-state index contributed by atoms with van der Waals surface area (Å²) in [4.78, 5) is 11.4. The largest absolute Gasteiger partial charge is 0.461 e. The zero-order chi connectivity index (χ0) is 11.1. The van der Waals surface area contributed by atoms with Gasteiger partial charge in [-0.1, -0.05) is 0 Å². The van der Waals surface area contributed by atoms with Gasteiger partial charge in [-0.2, -0.15) is 0 Å². The summed E-state index contributed by atoms with van der Waals surface area (Å²) < 4.78 is 4.84. The van der Waals surface area contributed by atoms with E-state index in [1.165, 1.54) is 6.08 Å². The van der Waals surface area contributed by atoms with Crippen LogP contribution in [-0.4, -0.2) is 24.3 Å². The van der Waals surface area contributed by atoms with E-state index in [1.807, 2.05) is 13.8 Å². The molecule has 0 aliphatic heterocycles. The third-order valence-corrected chi connectivity index (χ3v) is 1.30. The maximum atomic E-state index is 11.4. The highest BCUT2D eigenvalue weighted by Crippen LogP contribution is 1.97. The molecule has 4 heteroatoms. The summed E-state index contributed by atoms with van der Waals surface area (Å²) in [5.74, 6) is -0.409. The normalized spacial score (nSPS) is 11.4. The van der Waals surface area contributed by atoms with E-state index in [0.717, 1.165) is 0 Å². The number of carbonyl (C=O) groups excluding carboxylic acids is 1. The second-order valence-corrected chi connectivity index (χ2v) is 3.26. The Balaban J connectivity index is 4.55. The zero-order valence-corrected chi connectivity index (χ0v) is 9.18. The number of esters is 1. The molecule has 0 fully saturated rings. The van der Waals surface area contributed by atoms with Crippen LogP contribution in [0.3, 0.4) is 0 Å².